The number of benzene rings is 1. The number of alkyl halides is 4. The number of hydrogen-bond donors (Lipinski definition) is 2. The van der Waals surface area contributed by atoms with Crippen molar-refractivity contribution < 1.29 is 21.6 Å². The molecule has 33 heavy (non-hydrogen) atoms. The van der Waals surface area contributed by atoms with Crippen LogP contribution in [0, 0.1) is 17.4 Å². The fraction of sp³-hybridized carbons (Fsp3) is 0.381. The molecule has 3 rings (SSSR count). The number of guanidine groups is 1. The summed E-state index contributed by atoms with van der Waals surface area (Å²) < 4.78 is 65.5. The first-order chi connectivity index (χ1) is 15.6. The van der Waals surface area contributed by atoms with Gasteiger partial charge in [-0.3, -0.25) is 10.3 Å². The second-order valence-electron chi connectivity index (χ2n) is 7.55. The number of aliphatic imine (C=N–C) groups is 1. The zero-order valence-corrected chi connectivity index (χ0v) is 18.8. The number of aromatic nitrogens is 1. The summed E-state index contributed by atoms with van der Waals surface area (Å²) in [6.07, 6.45) is -0.0934. The molecule has 0 amide bonds. The fourth-order valence-electron chi connectivity index (χ4n) is 3.60. The van der Waals surface area contributed by atoms with Gasteiger partial charge in [-0.25, -0.2) is 13.4 Å². The highest BCUT2D eigenvalue weighted by Gasteiger charge is 2.49. The molecule has 0 saturated heterocycles. The Morgan fingerprint density at radius 2 is 1.85 bits per heavy atom. The van der Waals surface area contributed by atoms with E-state index in [0.717, 1.165) is 0 Å². The minimum absolute atomic E-state index is 0.0123. The maximum Gasteiger partial charge on any atom is 0.393 e. The lowest BCUT2D eigenvalue weighted by molar-refractivity contribution is -0.179. The van der Waals surface area contributed by atoms with E-state index in [2.05, 4.69) is 20.6 Å². The minimum Gasteiger partial charge on any atom is -0.325 e. The van der Waals surface area contributed by atoms with Crippen molar-refractivity contribution in [3.8, 4) is 6.19 Å². The molecular weight excluding hydrogens is 479 g/mol. The summed E-state index contributed by atoms with van der Waals surface area (Å²) in [6, 6.07) is 9.19. The number of pyridine rings is 1. The molecule has 1 aliphatic rings. The number of halogens is 4. The molecule has 0 aliphatic heterocycles. The molecule has 1 fully saturated rings. The predicted octanol–water partition coefficient (Wildman–Crippen LogP) is 4.23. The Bertz CT molecular complexity index is 1120. The quantitative estimate of drug-likeness (QED) is 0.209. The Morgan fingerprint density at radius 3 is 2.45 bits per heavy atom. The fourth-order valence-corrected chi connectivity index (χ4v) is 5.78. The summed E-state index contributed by atoms with van der Waals surface area (Å²) in [5, 5.41) is 12.0. The van der Waals surface area contributed by atoms with Gasteiger partial charge in [-0.15, -0.1) is 11.6 Å². The van der Waals surface area contributed by atoms with Crippen LogP contribution in [0.3, 0.4) is 0 Å². The molecule has 12 heteroatoms. The van der Waals surface area contributed by atoms with Gasteiger partial charge in [0, 0.05) is 23.5 Å². The zero-order chi connectivity index (χ0) is 24.1. The van der Waals surface area contributed by atoms with Gasteiger partial charge >= 0.3 is 6.18 Å². The van der Waals surface area contributed by atoms with Gasteiger partial charge in [0.05, 0.1) is 22.6 Å². The van der Waals surface area contributed by atoms with Crippen molar-refractivity contribution >= 4 is 33.1 Å². The van der Waals surface area contributed by atoms with Gasteiger partial charge in [-0.1, -0.05) is 12.1 Å². The molecule has 176 valence electrons. The van der Waals surface area contributed by atoms with Crippen molar-refractivity contribution in [2.45, 2.75) is 47.5 Å². The Labute approximate surface area is 194 Å². The third kappa shape index (κ3) is 6.36. The van der Waals surface area contributed by atoms with Crippen molar-refractivity contribution in [2.24, 2.45) is 10.9 Å². The molecule has 0 radical (unpaired) electrons. The van der Waals surface area contributed by atoms with Crippen LogP contribution in [0.15, 0.2) is 58.7 Å². The van der Waals surface area contributed by atoms with E-state index in [4.69, 9.17) is 16.9 Å². The van der Waals surface area contributed by atoms with Gasteiger partial charge in [-0.2, -0.15) is 18.4 Å². The SMILES string of the molecule is N#CNC(=NCc1ccc(S(=O)(=O)C2CCC(Cl)C(C(F)(F)F)C2)cc1)Nc1ccncc1. The van der Waals surface area contributed by atoms with E-state index >= 15 is 0 Å². The molecule has 1 aromatic heterocycles. The molecule has 7 nitrogen and oxygen atoms in total. The standard InChI is InChI=1S/C21H21ClF3N5O2S/c22-19-6-5-17(11-18(19)21(23,24)25)33(31,32)16-3-1-14(2-4-16)12-28-20(29-13-26)30-15-7-9-27-10-8-15/h1-4,7-10,17-19H,5-6,11-12H2,(H2,27,28,29,30). The molecule has 1 saturated carbocycles. The Kier molecular flexibility index (Phi) is 7.81. The number of nitrogens with zero attached hydrogens (tertiary/aromatic N) is 3. The largest absolute Gasteiger partial charge is 0.393 e. The first kappa shape index (κ1) is 24.8. The summed E-state index contributed by atoms with van der Waals surface area (Å²) in [4.78, 5) is 8.12. The molecule has 2 N–H and O–H groups in total. The lowest BCUT2D eigenvalue weighted by atomic mass is 9.88. The van der Waals surface area contributed by atoms with Crippen LogP contribution in [0.4, 0.5) is 18.9 Å². The van der Waals surface area contributed by atoms with E-state index in [1.54, 1.807) is 42.9 Å². The molecule has 0 bridgehead atoms. The maximum absolute atomic E-state index is 13.2. The van der Waals surface area contributed by atoms with Crippen molar-refractivity contribution in [1.82, 2.24) is 10.3 Å². The number of hydrogen-bond acceptors (Lipinski definition) is 5. The summed E-state index contributed by atoms with van der Waals surface area (Å²) in [5.41, 5.74) is 1.32. The van der Waals surface area contributed by atoms with Crippen molar-refractivity contribution in [3.05, 3.63) is 54.4 Å². The normalized spacial score (nSPS) is 21.8. The average Bonchev–Trinajstić information content (AvgIpc) is 2.78. The predicted molar refractivity (Wildman–Crippen MR) is 118 cm³/mol. The highest BCUT2D eigenvalue weighted by molar-refractivity contribution is 7.92. The van der Waals surface area contributed by atoms with Crippen LogP contribution in [-0.2, 0) is 16.4 Å². The number of rotatable bonds is 5. The van der Waals surface area contributed by atoms with E-state index in [0.29, 0.717) is 11.3 Å². The summed E-state index contributed by atoms with van der Waals surface area (Å²) >= 11 is 5.82. The Morgan fingerprint density at radius 1 is 1.18 bits per heavy atom. The van der Waals surface area contributed by atoms with Crippen LogP contribution in [0.1, 0.15) is 24.8 Å². The third-order valence-corrected chi connectivity index (χ3v) is 8.12. The molecule has 1 heterocycles. The number of anilines is 1. The maximum atomic E-state index is 13.2. The Hall–Kier alpha value is -2.84. The first-order valence-electron chi connectivity index (χ1n) is 10.0. The van der Waals surface area contributed by atoms with E-state index in [-0.39, 0.29) is 30.2 Å². The molecule has 1 aliphatic carbocycles. The van der Waals surface area contributed by atoms with Crippen molar-refractivity contribution in [1.29, 1.82) is 5.26 Å². The minimum atomic E-state index is -4.54. The summed E-state index contributed by atoms with van der Waals surface area (Å²) in [6.45, 7) is 0.135. The lowest BCUT2D eigenvalue weighted by Crippen LogP contribution is -2.41. The topological polar surface area (TPSA) is 107 Å². The molecular formula is C21H21ClF3N5O2S. The third-order valence-electron chi connectivity index (χ3n) is 5.37. The summed E-state index contributed by atoms with van der Waals surface area (Å²) in [5.74, 6) is -1.66. The van der Waals surface area contributed by atoms with Crippen LogP contribution in [0.2, 0.25) is 0 Å². The zero-order valence-electron chi connectivity index (χ0n) is 17.3. The second-order valence-corrected chi connectivity index (χ2v) is 10.3. The van der Waals surface area contributed by atoms with Gasteiger partial charge in [0.15, 0.2) is 16.0 Å². The molecule has 2 aromatic rings. The lowest BCUT2D eigenvalue weighted by Gasteiger charge is -2.33. The van der Waals surface area contributed by atoms with Crippen LogP contribution in [0.25, 0.3) is 0 Å². The monoisotopic (exact) mass is 499 g/mol. The average molecular weight is 500 g/mol. The van der Waals surface area contributed by atoms with Crippen LogP contribution in [0.5, 0.6) is 0 Å². The highest BCUT2D eigenvalue weighted by Crippen LogP contribution is 2.43. The van der Waals surface area contributed by atoms with Gasteiger partial charge in [-0.05, 0) is 49.1 Å². The van der Waals surface area contributed by atoms with Gasteiger partial charge in [0.25, 0.3) is 0 Å². The second kappa shape index (κ2) is 10.4. The molecule has 0 spiro atoms. The van der Waals surface area contributed by atoms with Gasteiger partial charge in [0.2, 0.25) is 5.96 Å². The molecule has 3 atom stereocenters. The Balaban J connectivity index is 1.71. The van der Waals surface area contributed by atoms with E-state index in [9.17, 15) is 21.6 Å². The number of nitrogens with one attached hydrogen (secondary N) is 2. The molecule has 1 aromatic carbocycles. The first-order valence-corrected chi connectivity index (χ1v) is 12.0. The van der Waals surface area contributed by atoms with Gasteiger partial charge < -0.3 is 5.32 Å². The molecule has 3 unspecified atom stereocenters. The number of sulfone groups is 1. The van der Waals surface area contributed by atoms with Crippen molar-refractivity contribution in [3.63, 3.8) is 0 Å². The summed E-state index contributed by atoms with van der Waals surface area (Å²) in [7, 11) is -3.94. The number of nitriles is 1. The van der Waals surface area contributed by atoms with Gasteiger partial charge in [0.1, 0.15) is 0 Å². The van der Waals surface area contributed by atoms with Crippen LogP contribution >= 0.6 is 11.6 Å². The smallest absolute Gasteiger partial charge is 0.325 e. The van der Waals surface area contributed by atoms with Crippen LogP contribution in [-0.4, -0.2) is 36.2 Å². The van der Waals surface area contributed by atoms with Crippen molar-refractivity contribution in [2.75, 3.05) is 5.32 Å². The van der Waals surface area contributed by atoms with Crippen LogP contribution < -0.4 is 10.6 Å². The highest BCUT2D eigenvalue weighted by atomic mass is 35.5. The van der Waals surface area contributed by atoms with E-state index < -0.39 is 39.0 Å². The van der Waals surface area contributed by atoms with E-state index in [1.807, 2.05) is 0 Å². The van der Waals surface area contributed by atoms with E-state index in [1.165, 1.54) is 12.1 Å².